The molecule has 2 rings (SSSR count). The lowest BCUT2D eigenvalue weighted by Gasteiger charge is -2.35. The Kier molecular flexibility index (Phi) is 7.30. The summed E-state index contributed by atoms with van der Waals surface area (Å²) >= 11 is 0. The van der Waals surface area contributed by atoms with E-state index in [4.69, 9.17) is 4.99 Å². The average molecular weight is 345 g/mol. The van der Waals surface area contributed by atoms with Crippen LogP contribution in [-0.2, 0) is 5.41 Å². The zero-order valence-corrected chi connectivity index (χ0v) is 16.7. The average Bonchev–Trinajstić information content (AvgIpc) is 2.61. The molecule has 0 unspecified atom stereocenters. The molecule has 140 valence electrons. The smallest absolute Gasteiger partial charge is 0.191 e. The number of benzene rings is 1. The maximum absolute atomic E-state index is 4.89. The summed E-state index contributed by atoms with van der Waals surface area (Å²) in [5, 5.41) is 7.07. The topological polar surface area (TPSA) is 39.7 Å². The number of guanidine groups is 1. The summed E-state index contributed by atoms with van der Waals surface area (Å²) < 4.78 is 0. The molecule has 4 nitrogen and oxygen atoms in total. The monoisotopic (exact) mass is 344 g/mol. The first-order chi connectivity index (χ1) is 11.9. The van der Waals surface area contributed by atoms with Crippen molar-refractivity contribution in [2.45, 2.75) is 65.0 Å². The molecule has 0 aliphatic carbocycles. The Morgan fingerprint density at radius 1 is 1.20 bits per heavy atom. The molecular weight excluding hydrogens is 308 g/mol. The van der Waals surface area contributed by atoms with E-state index in [2.05, 4.69) is 80.5 Å². The molecule has 1 aliphatic heterocycles. The zero-order chi connectivity index (χ0) is 18.3. The van der Waals surface area contributed by atoms with Crippen molar-refractivity contribution in [1.29, 1.82) is 0 Å². The number of rotatable bonds is 6. The van der Waals surface area contributed by atoms with Crippen molar-refractivity contribution in [2.75, 3.05) is 26.2 Å². The Morgan fingerprint density at radius 2 is 1.84 bits per heavy atom. The van der Waals surface area contributed by atoms with Gasteiger partial charge in [-0.05, 0) is 39.2 Å². The van der Waals surface area contributed by atoms with Crippen LogP contribution >= 0.6 is 0 Å². The van der Waals surface area contributed by atoms with Crippen LogP contribution in [0.1, 0.15) is 53.0 Å². The summed E-state index contributed by atoms with van der Waals surface area (Å²) in [6, 6.07) is 11.8. The molecule has 1 saturated heterocycles. The molecule has 1 aliphatic rings. The summed E-state index contributed by atoms with van der Waals surface area (Å²) in [5.41, 5.74) is 1.37. The minimum Gasteiger partial charge on any atom is -0.357 e. The Hall–Kier alpha value is -1.55. The summed E-state index contributed by atoms with van der Waals surface area (Å²) in [7, 11) is 0. The minimum absolute atomic E-state index is 0.0324. The predicted octanol–water partition coefficient (Wildman–Crippen LogP) is 3.39. The third kappa shape index (κ3) is 6.03. The van der Waals surface area contributed by atoms with Crippen molar-refractivity contribution in [3.63, 3.8) is 0 Å². The molecule has 1 aromatic carbocycles. The van der Waals surface area contributed by atoms with E-state index in [1.165, 1.54) is 31.5 Å². The molecule has 0 bridgehead atoms. The van der Waals surface area contributed by atoms with Crippen molar-refractivity contribution in [3.8, 4) is 0 Å². The molecule has 1 fully saturated rings. The lowest BCUT2D eigenvalue weighted by molar-refractivity contribution is 0.167. The van der Waals surface area contributed by atoms with Gasteiger partial charge in [0.25, 0.3) is 0 Å². The normalized spacial score (nSPS) is 17.8. The van der Waals surface area contributed by atoms with Crippen LogP contribution in [-0.4, -0.2) is 49.1 Å². The molecule has 4 heteroatoms. The standard InChI is InChI=1S/C21H36N4/c1-6-22-20(24-19-12-14-25(15-13-19)17(2)3)23-16-21(4,5)18-10-8-7-9-11-18/h7-11,17,19H,6,12-16H2,1-5H3,(H2,22,23,24). The summed E-state index contributed by atoms with van der Waals surface area (Å²) in [4.78, 5) is 7.45. The van der Waals surface area contributed by atoms with Gasteiger partial charge in [0.1, 0.15) is 0 Å². The van der Waals surface area contributed by atoms with E-state index >= 15 is 0 Å². The highest BCUT2D eigenvalue weighted by Crippen LogP contribution is 2.23. The van der Waals surface area contributed by atoms with Crippen LogP contribution in [0.15, 0.2) is 35.3 Å². The van der Waals surface area contributed by atoms with Crippen LogP contribution in [0, 0.1) is 0 Å². The van der Waals surface area contributed by atoms with Gasteiger partial charge in [-0.2, -0.15) is 0 Å². The van der Waals surface area contributed by atoms with Gasteiger partial charge in [0.15, 0.2) is 5.96 Å². The summed E-state index contributed by atoms with van der Waals surface area (Å²) in [5.74, 6) is 0.953. The van der Waals surface area contributed by atoms with Gasteiger partial charge in [0.2, 0.25) is 0 Å². The van der Waals surface area contributed by atoms with Gasteiger partial charge >= 0.3 is 0 Å². The van der Waals surface area contributed by atoms with Gasteiger partial charge in [0, 0.05) is 37.1 Å². The molecule has 1 heterocycles. The van der Waals surface area contributed by atoms with Crippen LogP contribution in [0.25, 0.3) is 0 Å². The van der Waals surface area contributed by atoms with E-state index in [1.807, 2.05) is 0 Å². The first-order valence-corrected chi connectivity index (χ1v) is 9.77. The molecule has 0 aromatic heterocycles. The maximum atomic E-state index is 4.89. The number of nitrogens with one attached hydrogen (secondary N) is 2. The molecule has 0 radical (unpaired) electrons. The minimum atomic E-state index is 0.0324. The molecule has 2 N–H and O–H groups in total. The fourth-order valence-electron chi connectivity index (χ4n) is 3.33. The van der Waals surface area contributed by atoms with Crippen molar-refractivity contribution in [2.24, 2.45) is 4.99 Å². The van der Waals surface area contributed by atoms with E-state index in [1.54, 1.807) is 0 Å². The molecular formula is C21H36N4. The van der Waals surface area contributed by atoms with Gasteiger partial charge in [0.05, 0.1) is 6.54 Å². The van der Waals surface area contributed by atoms with Crippen molar-refractivity contribution >= 4 is 5.96 Å². The third-order valence-corrected chi connectivity index (χ3v) is 5.13. The van der Waals surface area contributed by atoms with Gasteiger partial charge in [-0.1, -0.05) is 44.2 Å². The van der Waals surface area contributed by atoms with Crippen molar-refractivity contribution in [3.05, 3.63) is 35.9 Å². The van der Waals surface area contributed by atoms with Crippen LogP contribution in [0.2, 0.25) is 0 Å². The highest BCUT2D eigenvalue weighted by Gasteiger charge is 2.23. The summed E-state index contributed by atoms with van der Waals surface area (Å²) in [6.07, 6.45) is 2.37. The lowest BCUT2D eigenvalue weighted by Crippen LogP contribution is -2.50. The van der Waals surface area contributed by atoms with Crippen LogP contribution in [0.5, 0.6) is 0 Å². The van der Waals surface area contributed by atoms with E-state index < -0.39 is 0 Å². The number of piperidine rings is 1. The largest absolute Gasteiger partial charge is 0.357 e. The van der Waals surface area contributed by atoms with Crippen molar-refractivity contribution < 1.29 is 0 Å². The fourth-order valence-corrected chi connectivity index (χ4v) is 3.33. The van der Waals surface area contributed by atoms with Crippen molar-refractivity contribution in [1.82, 2.24) is 15.5 Å². The Bertz CT molecular complexity index is 528. The second-order valence-corrected chi connectivity index (χ2v) is 7.99. The number of aliphatic imine (C=N–C) groups is 1. The molecule has 1 aromatic rings. The SMILES string of the molecule is CCNC(=NCC(C)(C)c1ccccc1)NC1CCN(C(C)C)CC1. The highest BCUT2D eigenvalue weighted by molar-refractivity contribution is 5.80. The Morgan fingerprint density at radius 3 is 2.40 bits per heavy atom. The lowest BCUT2D eigenvalue weighted by atomic mass is 9.85. The second kappa shape index (κ2) is 9.23. The second-order valence-electron chi connectivity index (χ2n) is 7.99. The molecule has 0 saturated carbocycles. The number of hydrogen-bond acceptors (Lipinski definition) is 2. The van der Waals surface area contributed by atoms with Crippen LogP contribution < -0.4 is 10.6 Å². The van der Waals surface area contributed by atoms with Gasteiger partial charge in [-0.25, -0.2) is 0 Å². The van der Waals surface area contributed by atoms with Crippen LogP contribution in [0.3, 0.4) is 0 Å². The number of nitrogens with zero attached hydrogens (tertiary/aromatic N) is 2. The Balaban J connectivity index is 1.94. The first-order valence-electron chi connectivity index (χ1n) is 9.77. The highest BCUT2D eigenvalue weighted by atomic mass is 15.2. The quantitative estimate of drug-likeness (QED) is 0.614. The van der Waals surface area contributed by atoms with Gasteiger partial charge in [-0.3, -0.25) is 4.99 Å². The molecule has 0 atom stereocenters. The van der Waals surface area contributed by atoms with E-state index in [0.29, 0.717) is 12.1 Å². The van der Waals surface area contributed by atoms with E-state index in [-0.39, 0.29) is 5.41 Å². The zero-order valence-electron chi connectivity index (χ0n) is 16.7. The van der Waals surface area contributed by atoms with E-state index in [0.717, 1.165) is 19.0 Å². The predicted molar refractivity (Wildman–Crippen MR) is 108 cm³/mol. The number of hydrogen-bond donors (Lipinski definition) is 2. The molecule has 0 spiro atoms. The number of likely N-dealkylation sites (tertiary alicyclic amines) is 1. The van der Waals surface area contributed by atoms with Gasteiger partial charge < -0.3 is 15.5 Å². The molecule has 0 amide bonds. The third-order valence-electron chi connectivity index (χ3n) is 5.13. The first kappa shape index (κ1) is 19.8. The summed E-state index contributed by atoms with van der Waals surface area (Å²) in [6.45, 7) is 15.2. The fraction of sp³-hybridized carbons (Fsp3) is 0.667. The Labute approximate surface area is 154 Å². The maximum Gasteiger partial charge on any atom is 0.191 e. The molecule has 25 heavy (non-hydrogen) atoms. The van der Waals surface area contributed by atoms with Gasteiger partial charge in [-0.15, -0.1) is 0 Å². The van der Waals surface area contributed by atoms with E-state index in [9.17, 15) is 0 Å². The van der Waals surface area contributed by atoms with Crippen LogP contribution in [0.4, 0.5) is 0 Å².